The molecule has 2 N–H and O–H groups in total. The van der Waals surface area contributed by atoms with Crippen molar-refractivity contribution in [3.63, 3.8) is 0 Å². The number of carbonyl (C=O) groups excluding carboxylic acids is 2. The molecule has 0 saturated carbocycles. The first-order valence-corrected chi connectivity index (χ1v) is 9.90. The van der Waals surface area contributed by atoms with Crippen molar-refractivity contribution in [3.8, 4) is 5.75 Å². The predicted molar refractivity (Wildman–Crippen MR) is 106 cm³/mol. The number of ether oxygens (including phenoxy) is 3. The molecule has 0 aliphatic carbocycles. The smallest absolute Gasteiger partial charge is 0.417 e. The van der Waals surface area contributed by atoms with Gasteiger partial charge in [0.2, 0.25) is 0 Å². The van der Waals surface area contributed by atoms with Crippen LogP contribution in [0.3, 0.4) is 0 Å². The minimum Gasteiger partial charge on any atom is -0.484 e. The van der Waals surface area contributed by atoms with E-state index in [2.05, 4.69) is 15.6 Å². The van der Waals surface area contributed by atoms with E-state index in [4.69, 9.17) is 25.8 Å². The van der Waals surface area contributed by atoms with Gasteiger partial charge in [-0.2, -0.15) is 13.2 Å². The lowest BCUT2D eigenvalue weighted by molar-refractivity contribution is -0.168. The molecule has 1 aliphatic rings. The summed E-state index contributed by atoms with van der Waals surface area (Å²) in [5, 5.41) is 4.90. The number of rotatable bonds is 7. The lowest BCUT2D eigenvalue weighted by Gasteiger charge is -2.29. The first-order valence-electron chi connectivity index (χ1n) is 9.52. The van der Waals surface area contributed by atoms with Crippen molar-refractivity contribution in [2.24, 2.45) is 0 Å². The molecule has 1 aromatic heterocycles. The Bertz CT molecular complexity index is 983. The zero-order chi connectivity index (χ0) is 24.0. The van der Waals surface area contributed by atoms with Gasteiger partial charge < -0.3 is 24.8 Å². The Balaban J connectivity index is 1.36. The van der Waals surface area contributed by atoms with E-state index in [-0.39, 0.29) is 36.2 Å². The molecular formula is C20H18ClF4N3O5. The molecule has 1 aromatic carbocycles. The summed E-state index contributed by atoms with van der Waals surface area (Å²) in [5.74, 6) is -1.67. The second-order valence-corrected chi connectivity index (χ2v) is 7.24. The minimum absolute atomic E-state index is 0.0752. The average Bonchev–Trinajstić information content (AvgIpc) is 2.78. The fraction of sp³-hybridized carbons (Fsp3) is 0.350. The van der Waals surface area contributed by atoms with E-state index in [0.717, 1.165) is 18.2 Å². The summed E-state index contributed by atoms with van der Waals surface area (Å²) in [6.45, 7) is -0.803. The number of pyridine rings is 1. The largest absolute Gasteiger partial charge is 0.484 e. The summed E-state index contributed by atoms with van der Waals surface area (Å²) in [7, 11) is 0. The molecule has 0 unspecified atom stereocenters. The maximum Gasteiger partial charge on any atom is 0.417 e. The zero-order valence-electron chi connectivity index (χ0n) is 16.8. The van der Waals surface area contributed by atoms with Gasteiger partial charge in [-0.3, -0.25) is 14.6 Å². The third kappa shape index (κ3) is 7.27. The van der Waals surface area contributed by atoms with Crippen LogP contribution in [0.4, 0.5) is 17.6 Å². The highest BCUT2D eigenvalue weighted by Crippen LogP contribution is 2.28. The lowest BCUT2D eigenvalue weighted by atomic mass is 10.2. The minimum atomic E-state index is -4.49. The van der Waals surface area contributed by atoms with Gasteiger partial charge in [-0.1, -0.05) is 11.6 Å². The molecule has 178 valence electrons. The molecule has 0 spiro atoms. The normalized spacial score (nSPS) is 18.5. The van der Waals surface area contributed by atoms with Gasteiger partial charge in [-0.05, 0) is 24.3 Å². The molecule has 1 fully saturated rings. The molecule has 0 bridgehead atoms. The molecule has 0 radical (unpaired) electrons. The van der Waals surface area contributed by atoms with Crippen LogP contribution in [0.25, 0.3) is 0 Å². The molecule has 8 nitrogen and oxygen atoms in total. The van der Waals surface area contributed by atoms with Gasteiger partial charge in [0.25, 0.3) is 11.8 Å². The number of benzene rings is 1. The number of halogens is 5. The number of hydrogen-bond donors (Lipinski definition) is 2. The summed E-state index contributed by atoms with van der Waals surface area (Å²) in [6, 6.07) is 5.77. The van der Waals surface area contributed by atoms with Crippen LogP contribution >= 0.6 is 11.6 Å². The van der Waals surface area contributed by atoms with Crippen LogP contribution in [-0.4, -0.2) is 49.0 Å². The summed E-state index contributed by atoms with van der Waals surface area (Å²) in [4.78, 5) is 27.8. The number of nitrogens with one attached hydrogen (secondary N) is 2. The van der Waals surface area contributed by atoms with Gasteiger partial charge in [0, 0.05) is 12.3 Å². The SMILES string of the molecule is O=C(COc1ccc(Cl)c(F)c1)N[C@H]1CO[C@@H](C(=O)NCc2ccc(C(F)(F)F)cn2)CO1. The number of nitrogens with zero attached hydrogens (tertiary/aromatic N) is 1. The Hall–Kier alpha value is -2.96. The molecule has 2 atom stereocenters. The third-order valence-corrected chi connectivity index (χ3v) is 4.68. The van der Waals surface area contributed by atoms with Gasteiger partial charge in [-0.25, -0.2) is 4.39 Å². The maximum absolute atomic E-state index is 13.4. The Kier molecular flexibility index (Phi) is 8.06. The number of aromatic nitrogens is 1. The van der Waals surface area contributed by atoms with E-state index in [1.165, 1.54) is 12.1 Å². The molecule has 13 heteroatoms. The van der Waals surface area contributed by atoms with Crippen LogP contribution in [0.2, 0.25) is 5.02 Å². The van der Waals surface area contributed by atoms with Crippen LogP contribution in [0.1, 0.15) is 11.3 Å². The van der Waals surface area contributed by atoms with Gasteiger partial charge in [0.1, 0.15) is 11.6 Å². The first-order chi connectivity index (χ1) is 15.6. The zero-order valence-corrected chi connectivity index (χ0v) is 17.6. The van der Waals surface area contributed by atoms with Crippen molar-refractivity contribution in [2.75, 3.05) is 19.8 Å². The van der Waals surface area contributed by atoms with E-state index in [9.17, 15) is 27.2 Å². The Morgan fingerprint density at radius 1 is 1.18 bits per heavy atom. The Labute approximate surface area is 190 Å². The molecule has 2 heterocycles. The number of hydrogen-bond acceptors (Lipinski definition) is 6. The quantitative estimate of drug-likeness (QED) is 0.577. The predicted octanol–water partition coefficient (Wildman–Crippen LogP) is 2.45. The molecule has 2 aromatic rings. The highest BCUT2D eigenvalue weighted by atomic mass is 35.5. The number of alkyl halides is 3. The van der Waals surface area contributed by atoms with Crippen molar-refractivity contribution < 1.29 is 41.4 Å². The van der Waals surface area contributed by atoms with Crippen LogP contribution in [0.5, 0.6) is 5.75 Å². The van der Waals surface area contributed by atoms with Crippen molar-refractivity contribution in [1.82, 2.24) is 15.6 Å². The maximum atomic E-state index is 13.4. The van der Waals surface area contributed by atoms with Crippen LogP contribution < -0.4 is 15.4 Å². The van der Waals surface area contributed by atoms with E-state index >= 15 is 0 Å². The molecule has 1 aliphatic heterocycles. The first kappa shape index (κ1) is 24.7. The van der Waals surface area contributed by atoms with Crippen LogP contribution in [0, 0.1) is 5.82 Å². The van der Waals surface area contributed by atoms with Gasteiger partial charge in [-0.15, -0.1) is 0 Å². The number of carbonyl (C=O) groups is 2. The number of amides is 2. The highest BCUT2D eigenvalue weighted by molar-refractivity contribution is 6.30. The van der Waals surface area contributed by atoms with Crippen molar-refractivity contribution in [3.05, 3.63) is 58.6 Å². The monoisotopic (exact) mass is 491 g/mol. The van der Waals surface area contributed by atoms with Gasteiger partial charge in [0.05, 0.1) is 36.0 Å². The fourth-order valence-corrected chi connectivity index (χ4v) is 2.78. The van der Waals surface area contributed by atoms with Crippen molar-refractivity contribution in [1.29, 1.82) is 0 Å². The molecule has 33 heavy (non-hydrogen) atoms. The summed E-state index contributed by atoms with van der Waals surface area (Å²) in [6.07, 6.45) is -5.61. The standard InChI is InChI=1S/C20H18ClF4N3O5/c21-14-4-3-13(5-15(14)22)31-9-17(29)28-18-10-32-16(8-33-18)19(30)27-7-12-2-1-11(6-26-12)20(23,24)25/h1-6,16,18H,7-10H2,(H,27,30)(H,28,29)/t16-,18-/m1/s1. The molecule has 1 saturated heterocycles. The summed E-state index contributed by atoms with van der Waals surface area (Å²) in [5.41, 5.74) is -0.654. The second kappa shape index (κ2) is 10.8. The molecular weight excluding hydrogens is 474 g/mol. The van der Waals surface area contributed by atoms with Crippen molar-refractivity contribution in [2.45, 2.75) is 25.1 Å². The Morgan fingerprint density at radius 3 is 2.58 bits per heavy atom. The fourth-order valence-electron chi connectivity index (χ4n) is 2.66. The highest BCUT2D eigenvalue weighted by Gasteiger charge is 2.31. The lowest BCUT2D eigenvalue weighted by Crippen LogP contribution is -2.51. The average molecular weight is 492 g/mol. The Morgan fingerprint density at radius 2 is 1.97 bits per heavy atom. The van der Waals surface area contributed by atoms with Crippen molar-refractivity contribution >= 4 is 23.4 Å². The topological polar surface area (TPSA) is 98.8 Å². The van der Waals surface area contributed by atoms with E-state index in [1.54, 1.807) is 0 Å². The van der Waals surface area contributed by atoms with Gasteiger partial charge in [0.15, 0.2) is 18.9 Å². The third-order valence-electron chi connectivity index (χ3n) is 4.37. The van der Waals surface area contributed by atoms with E-state index in [1.807, 2.05) is 0 Å². The molecule has 2 amide bonds. The van der Waals surface area contributed by atoms with E-state index in [0.29, 0.717) is 6.20 Å². The summed E-state index contributed by atoms with van der Waals surface area (Å²) >= 11 is 5.57. The van der Waals surface area contributed by atoms with Crippen LogP contribution in [-0.2, 0) is 31.8 Å². The second-order valence-electron chi connectivity index (χ2n) is 6.83. The molecule has 3 rings (SSSR count). The van der Waals surface area contributed by atoms with E-state index < -0.39 is 48.3 Å². The van der Waals surface area contributed by atoms with Gasteiger partial charge >= 0.3 is 6.18 Å². The summed E-state index contributed by atoms with van der Waals surface area (Å²) < 4.78 is 66.9. The van der Waals surface area contributed by atoms with Crippen LogP contribution in [0.15, 0.2) is 36.5 Å².